The van der Waals surface area contributed by atoms with E-state index in [-0.39, 0.29) is 24.4 Å². The van der Waals surface area contributed by atoms with E-state index in [1.54, 1.807) is 6.07 Å². The summed E-state index contributed by atoms with van der Waals surface area (Å²) >= 11 is 3.37. The first kappa shape index (κ1) is 15.2. The fraction of sp³-hybridized carbons (Fsp3) is 0.615. The first-order chi connectivity index (χ1) is 8.32. The summed E-state index contributed by atoms with van der Waals surface area (Å²) in [5.41, 5.74) is 0.604. The number of aliphatic hydroxyl groups excluding tert-OH is 1. The van der Waals surface area contributed by atoms with E-state index >= 15 is 0 Å². The van der Waals surface area contributed by atoms with Gasteiger partial charge >= 0.3 is 0 Å². The Morgan fingerprint density at radius 1 is 1.44 bits per heavy atom. The van der Waals surface area contributed by atoms with Gasteiger partial charge in [0.2, 0.25) is 0 Å². The van der Waals surface area contributed by atoms with Crippen molar-refractivity contribution < 1.29 is 9.90 Å². The second kappa shape index (κ2) is 6.38. The maximum atomic E-state index is 12.0. The molecule has 1 atom stereocenters. The molecule has 0 radical (unpaired) electrons. The molecule has 0 fully saturated rings. The summed E-state index contributed by atoms with van der Waals surface area (Å²) in [5.74, 6) is -0.0250. The number of halogens is 1. The van der Waals surface area contributed by atoms with Gasteiger partial charge in [0.15, 0.2) is 0 Å². The smallest absolute Gasteiger partial charge is 0.268 e. The van der Waals surface area contributed by atoms with E-state index in [4.69, 9.17) is 0 Å². The lowest BCUT2D eigenvalue weighted by molar-refractivity contribution is 0.0862. The molecule has 0 spiro atoms. The molecular weight excluding hydrogens is 296 g/mol. The van der Waals surface area contributed by atoms with Gasteiger partial charge in [-0.05, 0) is 41.8 Å². The van der Waals surface area contributed by atoms with Gasteiger partial charge in [-0.2, -0.15) is 0 Å². The Morgan fingerprint density at radius 3 is 2.56 bits per heavy atom. The molecule has 1 unspecified atom stereocenters. The largest absolute Gasteiger partial charge is 0.391 e. The average Bonchev–Trinajstić information content (AvgIpc) is 2.67. The highest BCUT2D eigenvalue weighted by Crippen LogP contribution is 2.19. The Hall–Kier alpha value is -0.810. The summed E-state index contributed by atoms with van der Waals surface area (Å²) in [6.07, 6.45) is 1.37. The summed E-state index contributed by atoms with van der Waals surface area (Å²) in [7, 11) is 0. The molecule has 1 heterocycles. The first-order valence-corrected chi connectivity index (χ1v) is 6.95. The number of amides is 1. The third kappa shape index (κ3) is 3.85. The van der Waals surface area contributed by atoms with Crippen molar-refractivity contribution in [1.82, 2.24) is 9.88 Å². The Kier molecular flexibility index (Phi) is 5.41. The van der Waals surface area contributed by atoms with Crippen molar-refractivity contribution in [2.24, 2.45) is 5.92 Å². The highest BCUT2D eigenvalue weighted by atomic mass is 79.9. The molecule has 0 bridgehead atoms. The predicted octanol–water partition coefficient (Wildman–Crippen LogP) is 2.58. The molecule has 102 valence electrons. The van der Waals surface area contributed by atoms with Crippen LogP contribution in [-0.4, -0.2) is 28.2 Å². The molecule has 5 heteroatoms. The topological polar surface area (TPSA) is 54.3 Å². The molecular formula is C13H21BrN2O2. The fourth-order valence-corrected chi connectivity index (χ4v) is 2.02. The molecule has 18 heavy (non-hydrogen) atoms. The summed E-state index contributed by atoms with van der Waals surface area (Å²) in [4.78, 5) is 12.0. The zero-order valence-corrected chi connectivity index (χ0v) is 12.9. The molecule has 1 amide bonds. The highest BCUT2D eigenvalue weighted by Gasteiger charge is 2.16. The van der Waals surface area contributed by atoms with Crippen LogP contribution >= 0.6 is 15.9 Å². The lowest BCUT2D eigenvalue weighted by Gasteiger charge is -2.16. The minimum atomic E-state index is -0.514. The molecule has 0 aromatic carbocycles. The van der Waals surface area contributed by atoms with E-state index in [0.717, 1.165) is 4.47 Å². The van der Waals surface area contributed by atoms with Gasteiger partial charge in [-0.25, -0.2) is 0 Å². The van der Waals surface area contributed by atoms with Gasteiger partial charge in [0.1, 0.15) is 5.69 Å². The van der Waals surface area contributed by atoms with Crippen molar-refractivity contribution in [3.05, 3.63) is 22.4 Å². The number of nitrogens with zero attached hydrogens (tertiary/aromatic N) is 1. The number of aromatic nitrogens is 1. The summed E-state index contributed by atoms with van der Waals surface area (Å²) in [6.45, 7) is 8.16. The third-order valence-corrected chi connectivity index (χ3v) is 3.28. The van der Waals surface area contributed by atoms with E-state index in [1.165, 1.54) is 0 Å². The van der Waals surface area contributed by atoms with Gasteiger partial charge in [-0.1, -0.05) is 13.8 Å². The molecule has 1 aromatic rings. The molecule has 0 aliphatic carbocycles. The number of aliphatic hydroxyl groups is 1. The number of rotatable bonds is 5. The van der Waals surface area contributed by atoms with Crippen LogP contribution in [0.3, 0.4) is 0 Å². The van der Waals surface area contributed by atoms with Crippen LogP contribution in [0.25, 0.3) is 0 Å². The summed E-state index contributed by atoms with van der Waals surface area (Å²) in [5, 5.41) is 12.4. The fourth-order valence-electron chi connectivity index (χ4n) is 1.58. The molecule has 2 N–H and O–H groups in total. The van der Waals surface area contributed by atoms with Gasteiger partial charge in [0.05, 0.1) is 6.10 Å². The second-order valence-electron chi connectivity index (χ2n) is 5.07. The van der Waals surface area contributed by atoms with Gasteiger partial charge in [-0.3, -0.25) is 4.79 Å². The molecule has 1 aromatic heterocycles. The van der Waals surface area contributed by atoms with Crippen LogP contribution in [0.5, 0.6) is 0 Å². The Morgan fingerprint density at radius 2 is 2.06 bits per heavy atom. The van der Waals surface area contributed by atoms with Crippen molar-refractivity contribution in [2.45, 2.75) is 39.8 Å². The van der Waals surface area contributed by atoms with Crippen molar-refractivity contribution in [1.29, 1.82) is 0 Å². The van der Waals surface area contributed by atoms with Crippen LogP contribution in [0.2, 0.25) is 0 Å². The average molecular weight is 317 g/mol. The number of nitrogens with one attached hydrogen (secondary N) is 1. The standard InChI is InChI=1S/C13H21BrN2O2/c1-8(2)12(17)6-15-13(18)11-5-10(14)7-16(11)9(3)4/h5,7-9,12,17H,6H2,1-4H3,(H,15,18). The quantitative estimate of drug-likeness (QED) is 0.877. The van der Waals surface area contributed by atoms with Crippen molar-refractivity contribution >= 4 is 21.8 Å². The summed E-state index contributed by atoms with van der Waals surface area (Å²) in [6, 6.07) is 2.00. The highest BCUT2D eigenvalue weighted by molar-refractivity contribution is 9.10. The Balaban J connectivity index is 2.72. The van der Waals surface area contributed by atoms with Crippen LogP contribution in [0, 0.1) is 5.92 Å². The minimum absolute atomic E-state index is 0.133. The lowest BCUT2D eigenvalue weighted by Crippen LogP contribution is -2.35. The van der Waals surface area contributed by atoms with Crippen LogP contribution in [0.1, 0.15) is 44.2 Å². The molecule has 0 aliphatic heterocycles. The number of hydrogen-bond acceptors (Lipinski definition) is 2. The Bertz CT molecular complexity index is 413. The van der Waals surface area contributed by atoms with Crippen LogP contribution in [-0.2, 0) is 0 Å². The van der Waals surface area contributed by atoms with E-state index < -0.39 is 6.10 Å². The third-order valence-electron chi connectivity index (χ3n) is 2.85. The Labute approximate surface area is 117 Å². The number of carbonyl (C=O) groups is 1. The van der Waals surface area contributed by atoms with Crippen LogP contribution in [0.4, 0.5) is 0 Å². The van der Waals surface area contributed by atoms with Gasteiger partial charge in [0, 0.05) is 23.3 Å². The second-order valence-corrected chi connectivity index (χ2v) is 5.98. The van der Waals surface area contributed by atoms with Crippen LogP contribution < -0.4 is 5.32 Å². The van der Waals surface area contributed by atoms with Crippen LogP contribution in [0.15, 0.2) is 16.7 Å². The van der Waals surface area contributed by atoms with Gasteiger partial charge < -0.3 is 15.0 Å². The molecule has 0 aliphatic rings. The van der Waals surface area contributed by atoms with Gasteiger partial charge in [0.25, 0.3) is 5.91 Å². The molecule has 1 rings (SSSR count). The van der Waals surface area contributed by atoms with E-state index in [1.807, 2.05) is 38.5 Å². The number of hydrogen-bond donors (Lipinski definition) is 2. The molecule has 0 saturated carbocycles. The van der Waals surface area contributed by atoms with Crippen molar-refractivity contribution in [2.75, 3.05) is 6.54 Å². The molecule has 4 nitrogen and oxygen atoms in total. The zero-order chi connectivity index (χ0) is 13.9. The van der Waals surface area contributed by atoms with Crippen molar-refractivity contribution in [3.63, 3.8) is 0 Å². The van der Waals surface area contributed by atoms with E-state index in [2.05, 4.69) is 21.2 Å². The van der Waals surface area contributed by atoms with Crippen molar-refractivity contribution in [3.8, 4) is 0 Å². The lowest BCUT2D eigenvalue weighted by atomic mass is 10.1. The first-order valence-electron chi connectivity index (χ1n) is 6.16. The maximum Gasteiger partial charge on any atom is 0.268 e. The minimum Gasteiger partial charge on any atom is -0.391 e. The normalized spacial score (nSPS) is 13.1. The summed E-state index contributed by atoms with van der Waals surface area (Å²) < 4.78 is 2.78. The monoisotopic (exact) mass is 316 g/mol. The maximum absolute atomic E-state index is 12.0. The van der Waals surface area contributed by atoms with Gasteiger partial charge in [-0.15, -0.1) is 0 Å². The molecule has 0 saturated heterocycles. The van der Waals surface area contributed by atoms with E-state index in [9.17, 15) is 9.90 Å². The predicted molar refractivity (Wildman–Crippen MR) is 75.7 cm³/mol. The zero-order valence-electron chi connectivity index (χ0n) is 11.3. The van der Waals surface area contributed by atoms with E-state index in [0.29, 0.717) is 5.69 Å². The number of carbonyl (C=O) groups excluding carboxylic acids is 1. The SMILES string of the molecule is CC(C)C(O)CNC(=O)c1cc(Br)cn1C(C)C.